The predicted molar refractivity (Wildman–Crippen MR) is 51.3 cm³/mol. The van der Waals surface area contributed by atoms with E-state index in [2.05, 4.69) is 26.0 Å². The maximum absolute atomic E-state index is 8.99. The van der Waals surface area contributed by atoms with Crippen molar-refractivity contribution in [3.63, 3.8) is 0 Å². The molecule has 13 heavy (non-hydrogen) atoms. The van der Waals surface area contributed by atoms with Gasteiger partial charge in [0, 0.05) is 17.5 Å². The Hall–Kier alpha value is -0.940. The van der Waals surface area contributed by atoms with E-state index < -0.39 is 0 Å². The molecule has 0 aliphatic carbocycles. The Morgan fingerprint density at radius 3 is 3.00 bits per heavy atom. The summed E-state index contributed by atoms with van der Waals surface area (Å²) in [7, 11) is 0. The average Bonchev–Trinajstić information content (AvgIpc) is 2.50. The highest BCUT2D eigenvalue weighted by atomic mass is 79.9. The van der Waals surface area contributed by atoms with Crippen molar-refractivity contribution < 1.29 is 5.11 Å². The highest BCUT2D eigenvalue weighted by molar-refractivity contribution is 9.10. The van der Waals surface area contributed by atoms with Gasteiger partial charge in [0.1, 0.15) is 0 Å². The third-order valence-corrected chi connectivity index (χ3v) is 2.56. The normalized spacial score (nSPS) is 11.0. The second-order valence-electron chi connectivity index (χ2n) is 2.75. The average molecular weight is 242 g/mol. The van der Waals surface area contributed by atoms with Crippen LogP contribution < -0.4 is 0 Å². The van der Waals surface area contributed by atoms with Crippen LogP contribution in [-0.4, -0.2) is 19.7 Å². The summed E-state index contributed by atoms with van der Waals surface area (Å²) < 4.78 is 2.57. The first-order valence-corrected chi connectivity index (χ1v) is 4.62. The number of fused-ring (bicyclic) bond motifs is 1. The number of hydrogen-bond donors (Lipinski definition) is 1. The summed E-state index contributed by atoms with van der Waals surface area (Å²) in [5.41, 5.74) is 2.48. The summed E-state index contributed by atoms with van der Waals surface area (Å²) in [6.45, 7) is 1.89. The molecule has 0 saturated carbocycles. The molecule has 2 aromatic rings. The lowest BCUT2D eigenvalue weighted by molar-refractivity contribution is 0.279. The smallest absolute Gasteiger partial charge is 0.169 e. The molecule has 5 heteroatoms. The standard InChI is InChI=1S/C8H8BrN3O/c1-5-6(4-13)2-10-8-7(9)3-11-12(5)8/h2-3,13H,4H2,1H3. The molecule has 0 saturated heterocycles. The molecular weight excluding hydrogens is 234 g/mol. The predicted octanol–water partition coefficient (Wildman–Crippen LogP) is 1.29. The second-order valence-corrected chi connectivity index (χ2v) is 3.61. The largest absolute Gasteiger partial charge is 0.392 e. The molecular formula is C8H8BrN3O. The van der Waals surface area contributed by atoms with Crippen molar-refractivity contribution >= 4 is 21.6 Å². The monoisotopic (exact) mass is 241 g/mol. The van der Waals surface area contributed by atoms with Crippen molar-refractivity contribution in [1.82, 2.24) is 14.6 Å². The minimum Gasteiger partial charge on any atom is -0.392 e. The van der Waals surface area contributed by atoms with Crippen LogP contribution in [0.25, 0.3) is 5.65 Å². The van der Waals surface area contributed by atoms with Crippen LogP contribution in [0.1, 0.15) is 11.3 Å². The van der Waals surface area contributed by atoms with E-state index in [1.807, 2.05) is 6.92 Å². The molecule has 0 aliphatic heterocycles. The third kappa shape index (κ3) is 1.24. The van der Waals surface area contributed by atoms with Crippen LogP contribution in [0, 0.1) is 6.92 Å². The van der Waals surface area contributed by atoms with E-state index in [1.54, 1.807) is 16.9 Å². The van der Waals surface area contributed by atoms with E-state index in [9.17, 15) is 0 Å². The molecule has 0 spiro atoms. The maximum Gasteiger partial charge on any atom is 0.169 e. The van der Waals surface area contributed by atoms with Crippen LogP contribution in [0.4, 0.5) is 0 Å². The summed E-state index contributed by atoms with van der Waals surface area (Å²) in [5, 5.41) is 13.1. The Kier molecular flexibility index (Phi) is 2.05. The van der Waals surface area contributed by atoms with E-state index >= 15 is 0 Å². The van der Waals surface area contributed by atoms with Gasteiger partial charge < -0.3 is 5.11 Å². The van der Waals surface area contributed by atoms with Crippen LogP contribution in [0.3, 0.4) is 0 Å². The Labute approximate surface area is 83.3 Å². The molecule has 2 heterocycles. The molecule has 1 N–H and O–H groups in total. The molecule has 2 aromatic heterocycles. The number of rotatable bonds is 1. The second kappa shape index (κ2) is 3.08. The van der Waals surface area contributed by atoms with Gasteiger partial charge >= 0.3 is 0 Å². The lowest BCUT2D eigenvalue weighted by atomic mass is 10.2. The van der Waals surface area contributed by atoms with E-state index in [-0.39, 0.29) is 6.61 Å². The number of nitrogens with zero attached hydrogens (tertiary/aromatic N) is 3. The zero-order valence-corrected chi connectivity index (χ0v) is 8.61. The third-order valence-electron chi connectivity index (χ3n) is 2.00. The minimum atomic E-state index is -0.00769. The first-order chi connectivity index (χ1) is 6.24. The van der Waals surface area contributed by atoms with Gasteiger partial charge in [-0.15, -0.1) is 0 Å². The van der Waals surface area contributed by atoms with Crippen LogP contribution in [0.2, 0.25) is 0 Å². The van der Waals surface area contributed by atoms with Gasteiger partial charge in [0.25, 0.3) is 0 Å². The van der Waals surface area contributed by atoms with Gasteiger partial charge in [0.05, 0.1) is 17.3 Å². The Morgan fingerprint density at radius 2 is 2.31 bits per heavy atom. The van der Waals surface area contributed by atoms with Crippen molar-refractivity contribution in [2.45, 2.75) is 13.5 Å². The van der Waals surface area contributed by atoms with Gasteiger partial charge in [-0.25, -0.2) is 9.50 Å². The van der Waals surface area contributed by atoms with Gasteiger partial charge in [-0.05, 0) is 22.9 Å². The Bertz CT molecular complexity index is 452. The summed E-state index contributed by atoms with van der Waals surface area (Å²) in [4.78, 5) is 4.17. The van der Waals surface area contributed by atoms with Crippen molar-refractivity contribution in [2.75, 3.05) is 0 Å². The van der Waals surface area contributed by atoms with Crippen molar-refractivity contribution in [2.24, 2.45) is 0 Å². The van der Waals surface area contributed by atoms with Crippen molar-refractivity contribution in [3.8, 4) is 0 Å². The summed E-state index contributed by atoms with van der Waals surface area (Å²) >= 11 is 3.34. The Balaban J connectivity index is 2.80. The topological polar surface area (TPSA) is 50.4 Å². The molecule has 0 unspecified atom stereocenters. The lowest BCUT2D eigenvalue weighted by Gasteiger charge is -2.03. The molecule has 0 bridgehead atoms. The zero-order chi connectivity index (χ0) is 9.42. The number of aryl methyl sites for hydroxylation is 1. The van der Waals surface area contributed by atoms with Gasteiger partial charge in [0.15, 0.2) is 5.65 Å². The number of aliphatic hydroxyl groups excluding tert-OH is 1. The minimum absolute atomic E-state index is 0.00769. The maximum atomic E-state index is 8.99. The highest BCUT2D eigenvalue weighted by Crippen LogP contribution is 2.17. The fourth-order valence-corrected chi connectivity index (χ4v) is 1.57. The zero-order valence-electron chi connectivity index (χ0n) is 7.03. The van der Waals surface area contributed by atoms with Gasteiger partial charge in [-0.2, -0.15) is 5.10 Å². The van der Waals surface area contributed by atoms with Crippen LogP contribution in [0.5, 0.6) is 0 Å². The van der Waals surface area contributed by atoms with Crippen molar-refractivity contribution in [1.29, 1.82) is 0 Å². The van der Waals surface area contributed by atoms with Crippen LogP contribution in [-0.2, 0) is 6.61 Å². The number of aliphatic hydroxyl groups is 1. The van der Waals surface area contributed by atoms with Crippen LogP contribution in [0.15, 0.2) is 16.9 Å². The first-order valence-electron chi connectivity index (χ1n) is 3.82. The first kappa shape index (κ1) is 8.65. The van der Waals surface area contributed by atoms with E-state index in [0.29, 0.717) is 0 Å². The molecule has 2 rings (SSSR count). The molecule has 68 valence electrons. The Morgan fingerprint density at radius 1 is 1.54 bits per heavy atom. The summed E-state index contributed by atoms with van der Waals surface area (Å²) in [6.07, 6.45) is 3.35. The van der Waals surface area contributed by atoms with Gasteiger partial charge in [0.2, 0.25) is 0 Å². The van der Waals surface area contributed by atoms with Gasteiger partial charge in [-0.3, -0.25) is 0 Å². The highest BCUT2D eigenvalue weighted by Gasteiger charge is 2.07. The summed E-state index contributed by atoms with van der Waals surface area (Å²) in [5.74, 6) is 0. The fraction of sp³-hybridized carbons (Fsp3) is 0.250. The van der Waals surface area contributed by atoms with E-state index in [4.69, 9.17) is 5.11 Å². The van der Waals surface area contributed by atoms with Gasteiger partial charge in [-0.1, -0.05) is 0 Å². The molecule has 0 aromatic carbocycles. The number of hydrogen-bond acceptors (Lipinski definition) is 3. The van der Waals surface area contributed by atoms with E-state index in [1.165, 1.54) is 0 Å². The molecule has 4 nitrogen and oxygen atoms in total. The molecule has 0 aliphatic rings. The van der Waals surface area contributed by atoms with Crippen molar-refractivity contribution in [3.05, 3.63) is 28.1 Å². The SMILES string of the molecule is Cc1c(CO)cnc2c(Br)cnn12. The van der Waals surface area contributed by atoms with E-state index in [0.717, 1.165) is 21.4 Å². The molecule has 0 radical (unpaired) electrons. The lowest BCUT2D eigenvalue weighted by Crippen LogP contribution is -2.01. The molecule has 0 atom stereocenters. The molecule has 0 fully saturated rings. The number of halogens is 1. The van der Waals surface area contributed by atoms with Crippen LogP contribution >= 0.6 is 15.9 Å². The fourth-order valence-electron chi connectivity index (χ4n) is 1.21. The quantitative estimate of drug-likeness (QED) is 0.819. The molecule has 0 amide bonds. The summed E-state index contributed by atoms with van der Waals surface area (Å²) in [6, 6.07) is 0. The number of aromatic nitrogens is 3.